The third-order valence-corrected chi connectivity index (χ3v) is 0.749. The molecule has 0 atom stereocenters. The topological polar surface area (TPSA) is 12.9 Å². The Morgan fingerprint density at radius 1 is 1.57 bits per heavy atom. The molecule has 1 rings (SSSR count). The fourth-order valence-corrected chi connectivity index (χ4v) is 0.383. The summed E-state index contributed by atoms with van der Waals surface area (Å²) in [6.45, 7) is 0.350. The standard InChI is InChI=1S/C6H7N/c1-6-2-4-7-5-3-6/h2-5H,1H3/i1D. The van der Waals surface area contributed by atoms with E-state index in [-0.39, 0.29) is 0 Å². The van der Waals surface area contributed by atoms with E-state index in [1.165, 1.54) is 0 Å². The molecule has 7 heavy (non-hydrogen) atoms. The quantitative estimate of drug-likeness (QED) is 0.473. The Balaban J connectivity index is 2.83. The first kappa shape index (κ1) is 3.19. The molecule has 0 saturated carbocycles. The van der Waals surface area contributed by atoms with Gasteiger partial charge in [-0.25, -0.2) is 0 Å². The lowest BCUT2D eigenvalue weighted by Crippen LogP contribution is -1.68. The van der Waals surface area contributed by atoms with Crippen LogP contribution in [0.15, 0.2) is 24.5 Å². The molecule has 1 heterocycles. The minimum Gasteiger partial charge on any atom is -0.265 e. The van der Waals surface area contributed by atoms with Crippen LogP contribution >= 0.6 is 0 Å². The van der Waals surface area contributed by atoms with Gasteiger partial charge in [0.2, 0.25) is 0 Å². The average Bonchev–Trinajstić information content (AvgIpc) is 1.90. The van der Waals surface area contributed by atoms with Gasteiger partial charge in [0.15, 0.2) is 0 Å². The Kier molecular flexibility index (Phi) is 0.791. The smallest absolute Gasteiger partial charge is 0.0280 e. The summed E-state index contributed by atoms with van der Waals surface area (Å²) < 4.78 is 6.92. The van der Waals surface area contributed by atoms with Gasteiger partial charge in [0.05, 0.1) is 0 Å². The van der Waals surface area contributed by atoms with Crippen molar-refractivity contribution in [2.45, 2.75) is 6.90 Å². The maximum absolute atomic E-state index is 6.92. The highest BCUT2D eigenvalue weighted by molar-refractivity contribution is 5.05. The molecular weight excluding hydrogens is 86.1 g/mol. The molecule has 1 heteroatoms. The van der Waals surface area contributed by atoms with Gasteiger partial charge in [-0.15, -0.1) is 0 Å². The Morgan fingerprint density at radius 3 is 2.71 bits per heavy atom. The number of rotatable bonds is 0. The van der Waals surface area contributed by atoms with Gasteiger partial charge in [-0.05, 0) is 24.6 Å². The largest absolute Gasteiger partial charge is 0.265 e. The number of nitrogens with zero attached hydrogens (tertiary/aromatic N) is 1. The molecule has 1 nitrogen and oxygen atoms in total. The normalized spacial score (nSPS) is 10.6. The highest BCUT2D eigenvalue weighted by atomic mass is 14.6. The van der Waals surface area contributed by atoms with Crippen LogP contribution in [0, 0.1) is 6.90 Å². The van der Waals surface area contributed by atoms with Gasteiger partial charge in [0.25, 0.3) is 0 Å². The van der Waals surface area contributed by atoms with E-state index in [4.69, 9.17) is 1.37 Å². The van der Waals surface area contributed by atoms with Crippen molar-refractivity contribution in [1.29, 1.82) is 0 Å². The second-order valence-corrected chi connectivity index (χ2v) is 1.36. The van der Waals surface area contributed by atoms with Crippen LogP contribution in [0.5, 0.6) is 0 Å². The monoisotopic (exact) mass is 94.1 g/mol. The third kappa shape index (κ3) is 1.000. The molecule has 0 amide bonds. The summed E-state index contributed by atoms with van der Waals surface area (Å²) in [4.78, 5) is 3.81. The van der Waals surface area contributed by atoms with Gasteiger partial charge in [-0.1, -0.05) is 0 Å². The summed E-state index contributed by atoms with van der Waals surface area (Å²) in [7, 11) is 0. The predicted molar refractivity (Wildman–Crippen MR) is 29.0 cm³/mol. The minimum absolute atomic E-state index is 0.350. The predicted octanol–water partition coefficient (Wildman–Crippen LogP) is 1.39. The molecule has 0 radical (unpaired) electrons. The summed E-state index contributed by atoms with van der Waals surface area (Å²) in [6.07, 6.45) is 3.40. The molecule has 0 saturated heterocycles. The van der Waals surface area contributed by atoms with Gasteiger partial charge in [0, 0.05) is 13.8 Å². The summed E-state index contributed by atoms with van der Waals surface area (Å²) >= 11 is 0. The molecular formula is C6H7N. The zero-order valence-electron chi connectivity index (χ0n) is 4.96. The van der Waals surface area contributed by atoms with E-state index in [1.807, 2.05) is 12.1 Å². The molecule has 1 aromatic heterocycles. The van der Waals surface area contributed by atoms with Crippen molar-refractivity contribution in [1.82, 2.24) is 4.98 Å². The molecule has 36 valence electrons. The second kappa shape index (κ2) is 1.73. The van der Waals surface area contributed by atoms with Crippen molar-refractivity contribution in [3.8, 4) is 0 Å². The van der Waals surface area contributed by atoms with Gasteiger partial charge in [0.1, 0.15) is 0 Å². The first-order valence-corrected chi connectivity index (χ1v) is 2.11. The number of pyridine rings is 1. The first-order valence-electron chi connectivity index (χ1n) is 2.82. The molecule has 0 fully saturated rings. The maximum atomic E-state index is 6.92. The van der Waals surface area contributed by atoms with Gasteiger partial charge in [-0.2, -0.15) is 0 Å². The van der Waals surface area contributed by atoms with Crippen LogP contribution in [0.1, 0.15) is 6.93 Å². The van der Waals surface area contributed by atoms with E-state index in [0.29, 0.717) is 6.90 Å². The van der Waals surface area contributed by atoms with Crippen molar-refractivity contribution >= 4 is 0 Å². The third-order valence-electron chi connectivity index (χ3n) is 0.749. The second-order valence-electron chi connectivity index (χ2n) is 1.36. The van der Waals surface area contributed by atoms with E-state index < -0.39 is 0 Å². The zero-order chi connectivity index (χ0) is 5.82. The molecule has 0 N–H and O–H groups in total. The maximum Gasteiger partial charge on any atom is 0.0280 e. The molecule has 0 spiro atoms. The Labute approximate surface area is 44.4 Å². The molecule has 0 aromatic carbocycles. The lowest BCUT2D eigenvalue weighted by molar-refractivity contribution is 1.29. The van der Waals surface area contributed by atoms with E-state index in [0.717, 1.165) is 5.56 Å². The fraction of sp³-hybridized carbons (Fsp3) is 0.167. The Morgan fingerprint density at radius 2 is 2.29 bits per heavy atom. The molecule has 1 aromatic rings. The number of aromatic nitrogens is 1. The Hall–Kier alpha value is -0.850. The van der Waals surface area contributed by atoms with E-state index in [2.05, 4.69) is 4.98 Å². The highest BCUT2D eigenvalue weighted by Crippen LogP contribution is 1.88. The van der Waals surface area contributed by atoms with Gasteiger partial charge >= 0.3 is 0 Å². The summed E-state index contributed by atoms with van der Waals surface area (Å²) in [6, 6.07) is 3.68. The van der Waals surface area contributed by atoms with Crippen LogP contribution in [0.3, 0.4) is 0 Å². The average molecular weight is 94.1 g/mol. The Bertz CT molecular complexity index is 150. The highest BCUT2D eigenvalue weighted by Gasteiger charge is 1.72. The van der Waals surface area contributed by atoms with Crippen LogP contribution in [0.2, 0.25) is 0 Å². The first-order chi connectivity index (χ1) is 3.93. The fourth-order valence-electron chi connectivity index (χ4n) is 0.383. The number of aryl methyl sites for hydroxylation is 1. The van der Waals surface area contributed by atoms with Crippen molar-refractivity contribution < 1.29 is 1.37 Å². The lowest BCUT2D eigenvalue weighted by Gasteiger charge is -1.82. The van der Waals surface area contributed by atoms with E-state index >= 15 is 0 Å². The van der Waals surface area contributed by atoms with E-state index in [9.17, 15) is 0 Å². The summed E-state index contributed by atoms with van der Waals surface area (Å²) in [5.74, 6) is 0. The molecule has 0 aliphatic carbocycles. The van der Waals surface area contributed by atoms with E-state index in [1.54, 1.807) is 12.4 Å². The number of hydrogen-bond donors (Lipinski definition) is 0. The zero-order valence-corrected chi connectivity index (χ0v) is 3.96. The molecule has 0 bridgehead atoms. The van der Waals surface area contributed by atoms with Crippen LogP contribution < -0.4 is 0 Å². The lowest BCUT2D eigenvalue weighted by atomic mass is 10.3. The van der Waals surface area contributed by atoms with Crippen LogP contribution in [-0.4, -0.2) is 4.98 Å². The van der Waals surface area contributed by atoms with Gasteiger partial charge in [-0.3, -0.25) is 4.98 Å². The van der Waals surface area contributed by atoms with Crippen molar-refractivity contribution in [2.24, 2.45) is 0 Å². The minimum atomic E-state index is 0.350. The van der Waals surface area contributed by atoms with Crippen LogP contribution in [0.25, 0.3) is 0 Å². The van der Waals surface area contributed by atoms with Crippen LogP contribution in [-0.2, 0) is 0 Å². The van der Waals surface area contributed by atoms with Crippen LogP contribution in [0.4, 0.5) is 0 Å². The van der Waals surface area contributed by atoms with Crippen molar-refractivity contribution in [3.05, 3.63) is 30.1 Å². The summed E-state index contributed by atoms with van der Waals surface area (Å²) in [5.41, 5.74) is 1.01. The van der Waals surface area contributed by atoms with Crippen molar-refractivity contribution in [2.75, 3.05) is 0 Å². The summed E-state index contributed by atoms with van der Waals surface area (Å²) in [5, 5.41) is 0. The number of hydrogen-bond acceptors (Lipinski definition) is 1. The van der Waals surface area contributed by atoms with Crippen molar-refractivity contribution in [3.63, 3.8) is 0 Å². The molecule has 0 aliphatic rings. The molecule has 0 aliphatic heterocycles. The molecule has 0 unspecified atom stereocenters. The SMILES string of the molecule is [2H]Cc1ccncc1. The van der Waals surface area contributed by atoms with Gasteiger partial charge < -0.3 is 0 Å².